The van der Waals surface area contributed by atoms with Crippen molar-refractivity contribution >= 4 is 43.9 Å². The van der Waals surface area contributed by atoms with Crippen LogP contribution >= 0.6 is 0 Å². The van der Waals surface area contributed by atoms with Gasteiger partial charge >= 0.3 is 0 Å². The molecule has 1 unspecified atom stereocenters. The van der Waals surface area contributed by atoms with Gasteiger partial charge in [0.15, 0.2) is 5.82 Å². The van der Waals surface area contributed by atoms with Gasteiger partial charge in [0, 0.05) is 43.7 Å². The predicted octanol–water partition coefficient (Wildman–Crippen LogP) is 15.9. The highest BCUT2D eigenvalue weighted by molar-refractivity contribution is 6.15. The Morgan fingerprint density at radius 3 is 1.50 bits per heavy atom. The molecule has 0 radical (unpaired) electrons. The van der Waals surface area contributed by atoms with Crippen molar-refractivity contribution in [3.05, 3.63) is 229 Å². The van der Waals surface area contributed by atoms with Crippen LogP contribution in [0.2, 0.25) is 0 Å². The van der Waals surface area contributed by atoms with E-state index in [1.54, 1.807) is 0 Å². The van der Waals surface area contributed by atoms with Crippen LogP contribution in [0, 0.1) is 0 Å². The average Bonchev–Trinajstić information content (AvgIpc) is 4.02. The van der Waals surface area contributed by atoms with Crippen LogP contribution in [-0.2, 0) is 5.41 Å². The Hall–Kier alpha value is -8.34. The lowest BCUT2D eigenvalue weighted by molar-refractivity contribution is 0.668. The largest absolute Gasteiger partial charge is 0.456 e. The molecule has 13 rings (SSSR count). The second-order valence-corrected chi connectivity index (χ2v) is 17.0. The van der Waals surface area contributed by atoms with Crippen molar-refractivity contribution in [2.24, 2.45) is 0 Å². The predicted molar refractivity (Wildman–Crippen MR) is 261 cm³/mol. The molecule has 0 aliphatic heterocycles. The third kappa shape index (κ3) is 5.56. The molecule has 64 heavy (non-hydrogen) atoms. The lowest BCUT2D eigenvalue weighted by Gasteiger charge is -2.28. The van der Waals surface area contributed by atoms with Crippen LogP contribution in [0.15, 0.2) is 221 Å². The highest BCUT2D eigenvalue weighted by atomic mass is 16.3. The summed E-state index contributed by atoms with van der Waals surface area (Å²) in [5.41, 5.74) is 18.4. The number of rotatable bonds is 6. The van der Waals surface area contributed by atoms with Crippen LogP contribution in [0.4, 0.5) is 0 Å². The van der Waals surface area contributed by atoms with E-state index in [0.29, 0.717) is 5.82 Å². The Morgan fingerprint density at radius 1 is 0.344 bits per heavy atom. The number of nitrogens with zero attached hydrogens (tertiary/aromatic N) is 2. The van der Waals surface area contributed by atoms with Crippen LogP contribution in [0.1, 0.15) is 23.6 Å². The van der Waals surface area contributed by atoms with Gasteiger partial charge in [-0.05, 0) is 112 Å². The molecule has 0 saturated carbocycles. The van der Waals surface area contributed by atoms with Gasteiger partial charge in [0.2, 0.25) is 0 Å². The van der Waals surface area contributed by atoms with Crippen molar-refractivity contribution in [2.45, 2.75) is 12.3 Å². The Bertz CT molecular complexity index is 3670. The molecule has 3 aromatic heterocycles. The number of hydrogen-bond acceptors (Lipinski definition) is 4. The molecule has 300 valence electrons. The summed E-state index contributed by atoms with van der Waals surface area (Å²) in [6, 6.07) is 75.2. The molecule has 1 aliphatic carbocycles. The van der Waals surface area contributed by atoms with Crippen molar-refractivity contribution in [1.82, 2.24) is 9.97 Å². The number of para-hydroxylation sites is 2. The first-order chi connectivity index (χ1) is 31.6. The van der Waals surface area contributed by atoms with Gasteiger partial charge in [0.1, 0.15) is 22.3 Å². The second kappa shape index (κ2) is 14.1. The molecule has 0 amide bonds. The molecule has 4 nitrogen and oxygen atoms in total. The zero-order valence-corrected chi connectivity index (χ0v) is 34.9. The molecule has 0 bridgehead atoms. The third-order valence-corrected chi connectivity index (χ3v) is 13.4. The number of benzene rings is 9. The van der Waals surface area contributed by atoms with E-state index < -0.39 is 0 Å². The summed E-state index contributed by atoms with van der Waals surface area (Å²) in [5, 5.41) is 4.34. The Kier molecular flexibility index (Phi) is 8.00. The van der Waals surface area contributed by atoms with E-state index in [1.165, 1.54) is 27.8 Å². The van der Waals surface area contributed by atoms with Crippen LogP contribution in [-0.4, -0.2) is 9.97 Å². The van der Waals surface area contributed by atoms with E-state index in [2.05, 4.69) is 177 Å². The molecule has 1 atom stereocenters. The maximum absolute atomic E-state index is 6.43. The zero-order chi connectivity index (χ0) is 42.4. The van der Waals surface area contributed by atoms with E-state index in [4.69, 9.17) is 18.8 Å². The zero-order valence-electron chi connectivity index (χ0n) is 34.9. The molecule has 0 spiro atoms. The Labute approximate surface area is 369 Å². The average molecular weight is 819 g/mol. The van der Waals surface area contributed by atoms with Gasteiger partial charge in [-0.2, -0.15) is 0 Å². The summed E-state index contributed by atoms with van der Waals surface area (Å²) < 4.78 is 12.9. The van der Waals surface area contributed by atoms with Crippen LogP contribution < -0.4 is 0 Å². The van der Waals surface area contributed by atoms with E-state index in [-0.39, 0.29) is 5.41 Å². The normalized spacial score (nSPS) is 14.4. The minimum absolute atomic E-state index is 0.346. The third-order valence-electron chi connectivity index (χ3n) is 13.4. The molecule has 1 aliphatic rings. The maximum Gasteiger partial charge on any atom is 0.160 e. The Morgan fingerprint density at radius 2 is 0.844 bits per heavy atom. The first-order valence-electron chi connectivity index (χ1n) is 21.8. The summed E-state index contributed by atoms with van der Waals surface area (Å²) in [5.74, 6) is 0.667. The molecule has 0 fully saturated rings. The summed E-state index contributed by atoms with van der Waals surface area (Å²) in [4.78, 5) is 10.8. The van der Waals surface area contributed by atoms with Crippen molar-refractivity contribution in [1.29, 1.82) is 0 Å². The van der Waals surface area contributed by atoms with Crippen LogP contribution in [0.5, 0.6) is 0 Å². The van der Waals surface area contributed by atoms with Gasteiger partial charge in [-0.3, -0.25) is 0 Å². The molecule has 9 aromatic carbocycles. The van der Waals surface area contributed by atoms with E-state index in [9.17, 15) is 0 Å². The highest BCUT2D eigenvalue weighted by Gasteiger charge is 2.40. The number of furan rings is 2. The van der Waals surface area contributed by atoms with Gasteiger partial charge in [-0.25, -0.2) is 9.97 Å². The maximum atomic E-state index is 6.43. The topological polar surface area (TPSA) is 52.1 Å². The van der Waals surface area contributed by atoms with Gasteiger partial charge in [0.05, 0.1) is 11.4 Å². The highest BCUT2D eigenvalue weighted by Crippen LogP contribution is 2.53. The number of fused-ring (bicyclic) bond motifs is 9. The molecular formula is C60H38N2O2. The van der Waals surface area contributed by atoms with E-state index in [1.807, 2.05) is 42.5 Å². The lowest BCUT2D eigenvalue weighted by atomic mass is 9.74. The molecule has 3 heterocycles. The standard InChI is InChI=1S/C60H38N2O2/c1-60(42-18-6-3-7-19-42)49-25-11-8-20-45(49)46-31-30-38(35-50(46)60)51-36-52(62-59(61-51)37-16-4-2-5-17-37)41-33-39(43-23-14-28-55-57(43)47-21-9-12-26-53(47)63-55)32-40(34-41)44-24-15-29-56-58(44)48-22-10-13-27-54(48)64-56/h2-36H,1H3. The summed E-state index contributed by atoms with van der Waals surface area (Å²) in [6.07, 6.45) is 0. The minimum atomic E-state index is -0.346. The lowest BCUT2D eigenvalue weighted by Crippen LogP contribution is -2.22. The smallest absolute Gasteiger partial charge is 0.160 e. The second-order valence-electron chi connectivity index (χ2n) is 17.0. The van der Waals surface area contributed by atoms with Gasteiger partial charge in [-0.15, -0.1) is 0 Å². The molecule has 0 N–H and O–H groups in total. The number of hydrogen-bond donors (Lipinski definition) is 0. The monoisotopic (exact) mass is 818 g/mol. The van der Waals surface area contributed by atoms with Gasteiger partial charge < -0.3 is 8.83 Å². The Balaban J connectivity index is 1.07. The van der Waals surface area contributed by atoms with Crippen molar-refractivity contribution in [2.75, 3.05) is 0 Å². The summed E-state index contributed by atoms with van der Waals surface area (Å²) in [7, 11) is 0. The minimum Gasteiger partial charge on any atom is -0.456 e. The first kappa shape index (κ1) is 36.3. The van der Waals surface area contributed by atoms with Crippen LogP contribution in [0.3, 0.4) is 0 Å². The molecule has 0 saturated heterocycles. The number of aromatic nitrogens is 2. The molecule has 12 aromatic rings. The van der Waals surface area contributed by atoms with Crippen molar-refractivity contribution < 1.29 is 8.83 Å². The van der Waals surface area contributed by atoms with Gasteiger partial charge in [0.25, 0.3) is 0 Å². The molecular weight excluding hydrogens is 781 g/mol. The fraction of sp³-hybridized carbons (Fsp3) is 0.0333. The quantitative estimate of drug-likeness (QED) is 0.168. The summed E-state index contributed by atoms with van der Waals surface area (Å²) >= 11 is 0. The SMILES string of the molecule is CC1(c2ccccc2)c2ccccc2-c2ccc(-c3cc(-c4cc(-c5cccc6oc7ccccc7c56)cc(-c5cccc6oc7ccccc7c56)c4)nc(-c4ccccc4)n3)cc21. The van der Waals surface area contributed by atoms with Crippen LogP contribution in [0.25, 0.3) is 111 Å². The summed E-state index contributed by atoms with van der Waals surface area (Å²) in [6.45, 7) is 2.36. The van der Waals surface area contributed by atoms with Crippen molar-refractivity contribution in [3.63, 3.8) is 0 Å². The van der Waals surface area contributed by atoms with Crippen molar-refractivity contribution in [3.8, 4) is 67.3 Å². The van der Waals surface area contributed by atoms with E-state index in [0.717, 1.165) is 94.2 Å². The van der Waals surface area contributed by atoms with Gasteiger partial charge in [-0.1, -0.05) is 158 Å². The fourth-order valence-electron chi connectivity index (χ4n) is 10.3. The van der Waals surface area contributed by atoms with E-state index >= 15 is 0 Å². The first-order valence-corrected chi connectivity index (χ1v) is 21.8. The fourth-order valence-corrected chi connectivity index (χ4v) is 10.3. The molecule has 4 heteroatoms.